The van der Waals surface area contributed by atoms with Crippen molar-refractivity contribution in [3.8, 4) is 22.5 Å². The van der Waals surface area contributed by atoms with E-state index in [4.69, 9.17) is 23.5 Å². The molecular weight excluding hydrogens is 795 g/mol. The third kappa shape index (κ3) is 12.5. The van der Waals surface area contributed by atoms with Gasteiger partial charge in [-0.3, -0.25) is 19.2 Å². The number of nitrogens with one attached hydrogen (secondary N) is 1. The number of hydroxylamine groups is 2. The fourth-order valence-corrected chi connectivity index (χ4v) is 7.35. The summed E-state index contributed by atoms with van der Waals surface area (Å²) in [5.74, 6) is -1.71. The van der Waals surface area contributed by atoms with Gasteiger partial charge in [0.05, 0.1) is 58.7 Å². The van der Waals surface area contributed by atoms with Crippen LogP contribution >= 0.6 is 0 Å². The highest BCUT2D eigenvalue weighted by Gasteiger charge is 2.33. The molecule has 1 fully saturated rings. The number of carbonyl (C=O) groups is 5. The standard InChI is InChI=1S/C47H61N5O10/c1-8-49(9-2)33-16-18-37-39(30-33)61-40-31-34(50(10-3)11-4)17-19-38(40)45(37)35-14-12-13-15-36(35)46(57)51(32-41(53)48-47(5,6)7)23-25-59-27-29-60-28-26-58-24-22-44(56)62-52-42(54)20-21-43(52)55/h12-19,30-31H,8-11,20-29,32H2,1-7H3/p+1. The number of imide groups is 1. The van der Waals surface area contributed by atoms with Gasteiger partial charge in [-0.15, -0.1) is 5.06 Å². The SMILES string of the molecule is CCN(CC)c1ccc2c(-c3ccccc3C(=O)N(CCOCCOCCOCCC(=O)ON3C(=O)CCC3=O)CC(=O)NC(C)(C)C)c3ccc(=[N+](CC)CC)cc-3oc2c1. The highest BCUT2D eigenvalue weighted by molar-refractivity contribution is 6.10. The molecular formula is C47H62N5O10+. The number of rotatable bonds is 22. The molecule has 5 rings (SSSR count). The van der Waals surface area contributed by atoms with Crippen molar-refractivity contribution in [2.24, 2.45) is 0 Å². The van der Waals surface area contributed by atoms with Crippen LogP contribution in [-0.4, -0.2) is 124 Å². The molecule has 1 saturated heterocycles. The zero-order valence-corrected chi connectivity index (χ0v) is 37.3. The molecule has 2 aromatic rings. The highest BCUT2D eigenvalue weighted by Crippen LogP contribution is 2.42. The van der Waals surface area contributed by atoms with Gasteiger partial charge in [-0.2, -0.15) is 0 Å². The minimum absolute atomic E-state index is 0.0297. The molecule has 0 spiro atoms. The number of carbonyl (C=O) groups excluding carboxylic acids is 5. The lowest BCUT2D eigenvalue weighted by molar-refractivity contribution is -0.198. The zero-order valence-electron chi connectivity index (χ0n) is 37.3. The molecule has 4 amide bonds. The Morgan fingerprint density at radius 2 is 1.44 bits per heavy atom. The first kappa shape index (κ1) is 47.4. The molecule has 0 atom stereocenters. The summed E-state index contributed by atoms with van der Waals surface area (Å²) in [5.41, 5.74) is 4.15. The molecule has 2 heterocycles. The van der Waals surface area contributed by atoms with Gasteiger partial charge < -0.3 is 38.6 Å². The van der Waals surface area contributed by atoms with E-state index in [9.17, 15) is 24.0 Å². The Bertz CT molecular complexity index is 2220. The largest absolute Gasteiger partial charge is 0.456 e. The number of amides is 4. The van der Waals surface area contributed by atoms with E-state index in [1.165, 1.54) is 4.90 Å². The van der Waals surface area contributed by atoms with E-state index in [1.54, 1.807) is 6.07 Å². The Labute approximate surface area is 363 Å². The van der Waals surface area contributed by atoms with Crippen LogP contribution in [0.3, 0.4) is 0 Å². The van der Waals surface area contributed by atoms with Crippen LogP contribution in [0, 0.1) is 0 Å². The van der Waals surface area contributed by atoms with E-state index in [0.717, 1.165) is 59.3 Å². The fourth-order valence-electron chi connectivity index (χ4n) is 7.35. The summed E-state index contributed by atoms with van der Waals surface area (Å²) in [6, 6.07) is 20.0. The Hall–Kier alpha value is -5.64. The monoisotopic (exact) mass is 856 g/mol. The summed E-state index contributed by atoms with van der Waals surface area (Å²) >= 11 is 0. The molecule has 62 heavy (non-hydrogen) atoms. The molecule has 3 aliphatic rings. The van der Waals surface area contributed by atoms with Crippen molar-refractivity contribution in [1.29, 1.82) is 0 Å². The molecule has 0 radical (unpaired) electrons. The first-order valence-corrected chi connectivity index (χ1v) is 21.6. The van der Waals surface area contributed by atoms with Gasteiger partial charge in [-0.1, -0.05) is 18.2 Å². The molecule has 15 nitrogen and oxygen atoms in total. The van der Waals surface area contributed by atoms with Crippen LogP contribution in [0.2, 0.25) is 0 Å². The smallest absolute Gasteiger partial charge is 0.335 e. The minimum atomic E-state index is -0.734. The van der Waals surface area contributed by atoms with Gasteiger partial charge in [0.2, 0.25) is 11.3 Å². The normalized spacial score (nSPS) is 12.9. The molecule has 0 bridgehead atoms. The first-order valence-electron chi connectivity index (χ1n) is 21.6. The number of fused-ring (bicyclic) bond motifs is 2. The van der Waals surface area contributed by atoms with Gasteiger partial charge in [-0.25, -0.2) is 9.37 Å². The van der Waals surface area contributed by atoms with Crippen LogP contribution < -0.4 is 20.1 Å². The Kier molecular flexibility index (Phi) is 17.2. The third-order valence-electron chi connectivity index (χ3n) is 10.4. The van der Waals surface area contributed by atoms with Crippen LogP contribution in [0.4, 0.5) is 5.69 Å². The summed E-state index contributed by atoms with van der Waals surface area (Å²) in [6.07, 6.45) is -0.0680. The summed E-state index contributed by atoms with van der Waals surface area (Å²) in [7, 11) is 0. The quantitative estimate of drug-likeness (QED) is 0.0475. The van der Waals surface area contributed by atoms with Crippen LogP contribution in [0.25, 0.3) is 33.4 Å². The molecule has 0 saturated carbocycles. The molecule has 1 aliphatic carbocycles. The summed E-state index contributed by atoms with van der Waals surface area (Å²) in [5, 5.41) is 5.40. The number of nitrogens with zero attached hydrogens (tertiary/aromatic N) is 4. The van der Waals surface area contributed by atoms with E-state index in [0.29, 0.717) is 22.0 Å². The molecule has 15 heteroatoms. The highest BCUT2D eigenvalue weighted by atomic mass is 16.7. The number of hydrogen-bond donors (Lipinski definition) is 1. The second-order valence-corrected chi connectivity index (χ2v) is 15.9. The van der Waals surface area contributed by atoms with E-state index < -0.39 is 23.3 Å². The van der Waals surface area contributed by atoms with Crippen molar-refractivity contribution < 1.29 is 47.4 Å². The molecule has 2 aliphatic heterocycles. The maximum absolute atomic E-state index is 14.8. The number of ether oxygens (including phenoxy) is 3. The van der Waals surface area contributed by atoms with E-state index in [1.807, 2.05) is 39.0 Å². The van der Waals surface area contributed by atoms with Crippen molar-refractivity contribution in [3.63, 3.8) is 0 Å². The van der Waals surface area contributed by atoms with E-state index >= 15 is 0 Å². The Balaban J connectivity index is 1.30. The molecule has 1 N–H and O–H groups in total. The van der Waals surface area contributed by atoms with Gasteiger partial charge in [0.25, 0.3) is 17.7 Å². The topological polar surface area (TPSA) is 160 Å². The molecule has 0 unspecified atom stereocenters. The Morgan fingerprint density at radius 1 is 0.790 bits per heavy atom. The lowest BCUT2D eigenvalue weighted by Crippen LogP contribution is -2.48. The van der Waals surface area contributed by atoms with Crippen LogP contribution in [0.1, 0.15) is 78.1 Å². The second kappa shape index (κ2) is 22.5. The minimum Gasteiger partial charge on any atom is -0.456 e. The van der Waals surface area contributed by atoms with Crippen molar-refractivity contribution in [2.75, 3.05) is 83.8 Å². The number of hydrogen-bond acceptors (Lipinski definition) is 11. The average Bonchev–Trinajstić information content (AvgIpc) is 3.56. The molecule has 0 aromatic heterocycles. The van der Waals surface area contributed by atoms with Crippen LogP contribution in [0.5, 0.6) is 0 Å². The maximum atomic E-state index is 14.8. The predicted octanol–water partition coefficient (Wildman–Crippen LogP) is 5.27. The van der Waals surface area contributed by atoms with Gasteiger partial charge in [0, 0.05) is 77.9 Å². The lowest BCUT2D eigenvalue weighted by Gasteiger charge is -2.27. The number of anilines is 1. The molecule has 334 valence electrons. The summed E-state index contributed by atoms with van der Waals surface area (Å²) in [6.45, 7) is 18.6. The van der Waals surface area contributed by atoms with Crippen LogP contribution in [-0.2, 0) is 38.2 Å². The third-order valence-corrected chi connectivity index (χ3v) is 10.4. The second-order valence-electron chi connectivity index (χ2n) is 15.9. The summed E-state index contributed by atoms with van der Waals surface area (Å²) < 4.78 is 25.8. The van der Waals surface area contributed by atoms with Crippen molar-refractivity contribution in [2.45, 2.75) is 73.3 Å². The van der Waals surface area contributed by atoms with Gasteiger partial charge in [0.1, 0.15) is 24.4 Å². The van der Waals surface area contributed by atoms with Gasteiger partial charge in [-0.05, 0) is 78.3 Å². The Morgan fingerprint density at radius 3 is 2.08 bits per heavy atom. The van der Waals surface area contributed by atoms with E-state index in [-0.39, 0.29) is 83.8 Å². The van der Waals surface area contributed by atoms with Gasteiger partial charge >= 0.3 is 5.97 Å². The first-order chi connectivity index (χ1) is 29.8. The van der Waals surface area contributed by atoms with Gasteiger partial charge in [0.15, 0.2) is 0 Å². The average molecular weight is 857 g/mol. The van der Waals surface area contributed by atoms with Crippen molar-refractivity contribution >= 4 is 46.3 Å². The fraction of sp³-hybridized carbons (Fsp3) is 0.489. The van der Waals surface area contributed by atoms with Crippen molar-refractivity contribution in [1.82, 2.24) is 19.9 Å². The van der Waals surface area contributed by atoms with Crippen LogP contribution in [0.15, 0.2) is 65.1 Å². The van der Waals surface area contributed by atoms with Crippen molar-refractivity contribution in [3.05, 3.63) is 71.6 Å². The lowest BCUT2D eigenvalue weighted by atomic mass is 9.90. The summed E-state index contributed by atoms with van der Waals surface area (Å²) in [4.78, 5) is 71.9. The maximum Gasteiger partial charge on any atom is 0.335 e. The van der Waals surface area contributed by atoms with E-state index in [2.05, 4.69) is 78.9 Å². The number of benzene rings is 3. The predicted molar refractivity (Wildman–Crippen MR) is 236 cm³/mol. The zero-order chi connectivity index (χ0) is 44.8. The molecule has 2 aromatic carbocycles.